The van der Waals surface area contributed by atoms with Crippen LogP contribution in [0.2, 0.25) is 0 Å². The highest BCUT2D eigenvalue weighted by Gasteiger charge is 2.31. The fourth-order valence-corrected chi connectivity index (χ4v) is 1.08. The summed E-state index contributed by atoms with van der Waals surface area (Å²) in [7, 11) is 3.14. The van der Waals surface area contributed by atoms with Gasteiger partial charge in [-0.15, -0.1) is 0 Å². The zero-order chi connectivity index (χ0) is 11.0. The van der Waals surface area contributed by atoms with Gasteiger partial charge in [-0.3, -0.25) is 4.79 Å². The summed E-state index contributed by atoms with van der Waals surface area (Å²) in [6, 6.07) is 0. The monoisotopic (exact) mass is 203 g/mol. The van der Waals surface area contributed by atoms with Crippen LogP contribution < -0.4 is 5.32 Å². The third-order valence-electron chi connectivity index (χ3n) is 2.28. The van der Waals surface area contributed by atoms with Gasteiger partial charge in [-0.2, -0.15) is 0 Å². The second-order valence-electron chi connectivity index (χ2n) is 3.44. The molecule has 0 radical (unpaired) electrons. The van der Waals surface area contributed by atoms with Gasteiger partial charge in [0.05, 0.1) is 7.11 Å². The van der Waals surface area contributed by atoms with E-state index < -0.39 is 5.54 Å². The molecular formula is C10H21NO3. The lowest BCUT2D eigenvalue weighted by atomic mass is 9.99. The number of carbonyl (C=O) groups is 1. The average molecular weight is 203 g/mol. The van der Waals surface area contributed by atoms with Gasteiger partial charge in [-0.1, -0.05) is 6.92 Å². The molecule has 0 spiro atoms. The number of hydrogen-bond donors (Lipinski definition) is 1. The van der Waals surface area contributed by atoms with Crippen molar-refractivity contribution < 1.29 is 14.3 Å². The first-order chi connectivity index (χ1) is 6.60. The van der Waals surface area contributed by atoms with Crippen LogP contribution in [0.1, 0.15) is 26.7 Å². The first-order valence-electron chi connectivity index (χ1n) is 4.95. The van der Waals surface area contributed by atoms with E-state index in [1.165, 1.54) is 7.11 Å². The van der Waals surface area contributed by atoms with Crippen LogP contribution in [-0.4, -0.2) is 38.9 Å². The van der Waals surface area contributed by atoms with Crippen LogP contribution in [0, 0.1) is 0 Å². The van der Waals surface area contributed by atoms with Crippen molar-refractivity contribution in [2.24, 2.45) is 0 Å². The van der Waals surface area contributed by atoms with E-state index >= 15 is 0 Å². The largest absolute Gasteiger partial charge is 0.468 e. The smallest absolute Gasteiger partial charge is 0.325 e. The van der Waals surface area contributed by atoms with Gasteiger partial charge in [0, 0.05) is 13.2 Å². The number of rotatable bonds is 7. The Morgan fingerprint density at radius 1 is 1.43 bits per heavy atom. The third-order valence-corrected chi connectivity index (χ3v) is 2.28. The van der Waals surface area contributed by atoms with Crippen LogP contribution in [0.15, 0.2) is 0 Å². The van der Waals surface area contributed by atoms with Gasteiger partial charge in [0.15, 0.2) is 0 Å². The molecule has 0 heterocycles. The number of esters is 1. The van der Waals surface area contributed by atoms with Crippen LogP contribution in [0.3, 0.4) is 0 Å². The van der Waals surface area contributed by atoms with E-state index in [1.807, 2.05) is 6.92 Å². The Morgan fingerprint density at radius 2 is 2.07 bits per heavy atom. The first-order valence-corrected chi connectivity index (χ1v) is 4.95. The number of likely N-dealkylation sites (N-methyl/N-ethyl adjacent to an activating group) is 1. The Hall–Kier alpha value is -0.610. The lowest BCUT2D eigenvalue weighted by Gasteiger charge is -2.25. The van der Waals surface area contributed by atoms with E-state index in [0.29, 0.717) is 13.0 Å². The second kappa shape index (κ2) is 6.79. The predicted molar refractivity (Wildman–Crippen MR) is 55.2 cm³/mol. The Morgan fingerprint density at radius 3 is 2.50 bits per heavy atom. The van der Waals surface area contributed by atoms with Gasteiger partial charge < -0.3 is 14.8 Å². The summed E-state index contributed by atoms with van der Waals surface area (Å²) in [5.41, 5.74) is -0.636. The third kappa shape index (κ3) is 4.07. The fraction of sp³-hybridized carbons (Fsp3) is 0.900. The molecule has 0 amide bonds. The van der Waals surface area contributed by atoms with Gasteiger partial charge in [0.25, 0.3) is 0 Å². The summed E-state index contributed by atoms with van der Waals surface area (Å²) in [6.45, 7) is 5.17. The van der Waals surface area contributed by atoms with Crippen LogP contribution in [0.5, 0.6) is 0 Å². The van der Waals surface area contributed by atoms with Gasteiger partial charge in [-0.25, -0.2) is 0 Å². The molecular weight excluding hydrogens is 182 g/mol. The van der Waals surface area contributed by atoms with Crippen molar-refractivity contribution in [1.29, 1.82) is 0 Å². The molecule has 0 aromatic heterocycles. The Balaban J connectivity index is 3.93. The molecule has 0 rings (SSSR count). The molecule has 0 fully saturated rings. The number of ether oxygens (including phenoxy) is 2. The Bertz CT molecular complexity index is 173. The highest BCUT2D eigenvalue weighted by atomic mass is 16.5. The maximum Gasteiger partial charge on any atom is 0.325 e. The molecule has 0 bridgehead atoms. The summed E-state index contributed by atoms with van der Waals surface area (Å²) in [6.07, 6.45) is 1.62. The molecule has 4 heteroatoms. The molecule has 0 aromatic rings. The van der Waals surface area contributed by atoms with Gasteiger partial charge in [0.2, 0.25) is 0 Å². The Labute approximate surface area is 86.0 Å². The fourth-order valence-electron chi connectivity index (χ4n) is 1.08. The van der Waals surface area contributed by atoms with Crippen molar-refractivity contribution in [1.82, 2.24) is 5.32 Å². The van der Waals surface area contributed by atoms with Gasteiger partial charge in [0.1, 0.15) is 5.54 Å². The molecule has 1 unspecified atom stereocenters. The molecule has 0 aromatic carbocycles. The highest BCUT2D eigenvalue weighted by Crippen LogP contribution is 2.11. The minimum Gasteiger partial charge on any atom is -0.468 e. The molecule has 84 valence electrons. The summed E-state index contributed by atoms with van der Waals surface area (Å²) >= 11 is 0. The highest BCUT2D eigenvalue weighted by molar-refractivity contribution is 5.80. The lowest BCUT2D eigenvalue weighted by Crippen LogP contribution is -2.49. The molecule has 0 aliphatic carbocycles. The van der Waals surface area contributed by atoms with Crippen molar-refractivity contribution in [3.05, 3.63) is 0 Å². The molecule has 14 heavy (non-hydrogen) atoms. The van der Waals surface area contributed by atoms with Crippen LogP contribution in [-0.2, 0) is 14.3 Å². The topological polar surface area (TPSA) is 47.6 Å². The molecule has 0 saturated carbocycles. The maximum absolute atomic E-state index is 11.4. The van der Waals surface area contributed by atoms with Crippen molar-refractivity contribution in [3.63, 3.8) is 0 Å². The Kier molecular flexibility index (Phi) is 6.49. The summed E-state index contributed by atoms with van der Waals surface area (Å²) in [5, 5.41) is 2.95. The van der Waals surface area contributed by atoms with E-state index in [2.05, 4.69) is 12.2 Å². The SMILES string of the molecule is CCCOCCC(C)(NC)C(=O)OC. The van der Waals surface area contributed by atoms with Crippen molar-refractivity contribution in [2.75, 3.05) is 27.4 Å². The van der Waals surface area contributed by atoms with Gasteiger partial charge in [-0.05, 0) is 26.8 Å². The van der Waals surface area contributed by atoms with E-state index in [0.717, 1.165) is 13.0 Å². The second-order valence-corrected chi connectivity index (χ2v) is 3.44. The van der Waals surface area contributed by atoms with E-state index in [1.54, 1.807) is 7.05 Å². The minimum atomic E-state index is -0.636. The molecule has 0 saturated heterocycles. The summed E-state index contributed by atoms with van der Waals surface area (Å²) in [4.78, 5) is 11.4. The summed E-state index contributed by atoms with van der Waals surface area (Å²) < 4.78 is 10.0. The average Bonchev–Trinajstić information content (AvgIpc) is 2.22. The van der Waals surface area contributed by atoms with Crippen LogP contribution in [0.4, 0.5) is 0 Å². The molecule has 1 atom stereocenters. The summed E-state index contributed by atoms with van der Waals surface area (Å²) in [5.74, 6) is -0.250. The van der Waals surface area contributed by atoms with Crippen molar-refractivity contribution in [2.45, 2.75) is 32.2 Å². The predicted octanol–water partition coefficient (Wildman–Crippen LogP) is 0.954. The van der Waals surface area contributed by atoms with E-state index in [-0.39, 0.29) is 5.97 Å². The normalized spacial score (nSPS) is 14.9. The zero-order valence-corrected chi connectivity index (χ0v) is 9.55. The first kappa shape index (κ1) is 13.4. The molecule has 0 aliphatic rings. The molecule has 0 aliphatic heterocycles. The minimum absolute atomic E-state index is 0.250. The maximum atomic E-state index is 11.4. The van der Waals surface area contributed by atoms with Crippen molar-refractivity contribution in [3.8, 4) is 0 Å². The molecule has 1 N–H and O–H groups in total. The zero-order valence-electron chi connectivity index (χ0n) is 9.55. The van der Waals surface area contributed by atoms with Gasteiger partial charge >= 0.3 is 5.97 Å². The number of methoxy groups -OCH3 is 1. The van der Waals surface area contributed by atoms with E-state index in [4.69, 9.17) is 9.47 Å². The van der Waals surface area contributed by atoms with Crippen LogP contribution >= 0.6 is 0 Å². The number of nitrogens with one attached hydrogen (secondary N) is 1. The quantitative estimate of drug-likeness (QED) is 0.494. The standard InChI is InChI=1S/C10H21NO3/c1-5-7-14-8-6-10(2,11-3)9(12)13-4/h11H,5-8H2,1-4H3. The van der Waals surface area contributed by atoms with Crippen molar-refractivity contribution >= 4 is 5.97 Å². The van der Waals surface area contributed by atoms with E-state index in [9.17, 15) is 4.79 Å². The number of carbonyl (C=O) groups excluding carboxylic acids is 1. The number of hydrogen-bond acceptors (Lipinski definition) is 4. The van der Waals surface area contributed by atoms with Crippen LogP contribution in [0.25, 0.3) is 0 Å². The lowest BCUT2D eigenvalue weighted by molar-refractivity contribution is -0.148. The molecule has 4 nitrogen and oxygen atoms in total.